The zero-order valence-electron chi connectivity index (χ0n) is 11.1. The number of pyridine rings is 1. The Labute approximate surface area is 126 Å². The highest BCUT2D eigenvalue weighted by Crippen LogP contribution is 2.15. The molecule has 0 aliphatic carbocycles. The highest BCUT2D eigenvalue weighted by molar-refractivity contribution is 9.10. The van der Waals surface area contributed by atoms with Gasteiger partial charge in [0.25, 0.3) is 0 Å². The van der Waals surface area contributed by atoms with Crippen LogP contribution in [-0.2, 0) is 4.79 Å². The molecule has 0 radical (unpaired) electrons. The quantitative estimate of drug-likeness (QED) is 0.883. The van der Waals surface area contributed by atoms with Gasteiger partial charge in [0.05, 0.1) is 12.2 Å². The van der Waals surface area contributed by atoms with Crippen LogP contribution in [0.4, 0.5) is 5.69 Å². The van der Waals surface area contributed by atoms with Crippen LogP contribution >= 0.6 is 15.9 Å². The summed E-state index contributed by atoms with van der Waals surface area (Å²) in [5.74, 6) is -0.0779. The molecule has 20 heavy (non-hydrogen) atoms. The van der Waals surface area contributed by atoms with E-state index < -0.39 is 0 Å². The highest BCUT2D eigenvalue weighted by Gasteiger charge is 2.08. The van der Waals surface area contributed by atoms with E-state index in [2.05, 4.69) is 31.5 Å². The molecule has 5 heteroatoms. The van der Waals surface area contributed by atoms with Gasteiger partial charge in [0.1, 0.15) is 0 Å². The van der Waals surface area contributed by atoms with Crippen LogP contribution < -0.4 is 10.6 Å². The Morgan fingerprint density at radius 1 is 1.30 bits per heavy atom. The molecule has 0 aliphatic heterocycles. The molecule has 0 fully saturated rings. The predicted molar refractivity (Wildman–Crippen MR) is 83.4 cm³/mol. The first kappa shape index (κ1) is 14.7. The van der Waals surface area contributed by atoms with E-state index in [1.165, 1.54) is 0 Å². The number of amides is 1. The number of nitrogens with zero attached hydrogens (tertiary/aromatic N) is 1. The van der Waals surface area contributed by atoms with E-state index in [4.69, 9.17) is 0 Å². The lowest BCUT2D eigenvalue weighted by Crippen LogP contribution is -2.30. The van der Waals surface area contributed by atoms with E-state index >= 15 is 0 Å². The Bertz CT molecular complexity index is 574. The van der Waals surface area contributed by atoms with Gasteiger partial charge in [-0.2, -0.15) is 0 Å². The van der Waals surface area contributed by atoms with Crippen molar-refractivity contribution in [1.29, 1.82) is 0 Å². The summed E-state index contributed by atoms with van der Waals surface area (Å²) in [7, 11) is 0. The number of carbonyl (C=O) groups is 1. The number of carbonyl (C=O) groups excluding carboxylic acids is 1. The number of aromatic nitrogens is 1. The zero-order valence-corrected chi connectivity index (χ0v) is 12.7. The van der Waals surface area contributed by atoms with Crippen molar-refractivity contribution < 1.29 is 4.79 Å². The predicted octanol–water partition coefficient (Wildman–Crippen LogP) is 3.13. The van der Waals surface area contributed by atoms with E-state index in [0.29, 0.717) is 0 Å². The monoisotopic (exact) mass is 333 g/mol. The SMILES string of the molecule is C[C@@H](NCC(=O)Nc1cccc(Br)c1)c1ccccn1. The van der Waals surface area contributed by atoms with Crippen LogP contribution in [0, 0.1) is 0 Å². The molecule has 2 rings (SSSR count). The van der Waals surface area contributed by atoms with Gasteiger partial charge in [0, 0.05) is 22.4 Å². The van der Waals surface area contributed by atoms with Gasteiger partial charge in [-0.25, -0.2) is 0 Å². The molecule has 0 spiro atoms. The second-order valence-electron chi connectivity index (χ2n) is 4.42. The van der Waals surface area contributed by atoms with Crippen molar-refractivity contribution in [1.82, 2.24) is 10.3 Å². The lowest BCUT2D eigenvalue weighted by Gasteiger charge is -2.13. The first-order valence-corrected chi connectivity index (χ1v) is 7.14. The molecule has 1 aromatic heterocycles. The Kier molecular flexibility index (Phi) is 5.26. The molecular weight excluding hydrogens is 318 g/mol. The average molecular weight is 334 g/mol. The number of hydrogen-bond acceptors (Lipinski definition) is 3. The van der Waals surface area contributed by atoms with Crippen LogP contribution in [0.3, 0.4) is 0 Å². The van der Waals surface area contributed by atoms with Gasteiger partial charge in [0.2, 0.25) is 5.91 Å². The van der Waals surface area contributed by atoms with E-state index in [9.17, 15) is 4.79 Å². The summed E-state index contributed by atoms with van der Waals surface area (Å²) < 4.78 is 0.935. The second-order valence-corrected chi connectivity index (χ2v) is 5.33. The minimum atomic E-state index is -0.0779. The van der Waals surface area contributed by atoms with E-state index in [1.807, 2.05) is 49.4 Å². The summed E-state index contributed by atoms with van der Waals surface area (Å²) in [6.45, 7) is 2.22. The second kappa shape index (κ2) is 7.17. The third-order valence-electron chi connectivity index (χ3n) is 2.81. The van der Waals surface area contributed by atoms with Gasteiger partial charge in [-0.1, -0.05) is 28.1 Å². The minimum Gasteiger partial charge on any atom is -0.325 e. The summed E-state index contributed by atoms with van der Waals surface area (Å²) in [6.07, 6.45) is 1.75. The Hall–Kier alpha value is -1.72. The summed E-state index contributed by atoms with van der Waals surface area (Å²) >= 11 is 3.37. The molecule has 0 aliphatic rings. The zero-order chi connectivity index (χ0) is 14.4. The first-order valence-electron chi connectivity index (χ1n) is 6.35. The van der Waals surface area contributed by atoms with Gasteiger partial charge >= 0.3 is 0 Å². The van der Waals surface area contributed by atoms with Gasteiger partial charge in [-0.15, -0.1) is 0 Å². The van der Waals surface area contributed by atoms with Crippen molar-refractivity contribution in [3.8, 4) is 0 Å². The number of hydrogen-bond donors (Lipinski definition) is 2. The van der Waals surface area contributed by atoms with Crippen LogP contribution in [0.2, 0.25) is 0 Å². The van der Waals surface area contributed by atoms with Crippen LogP contribution in [0.5, 0.6) is 0 Å². The molecule has 1 aromatic carbocycles. The molecule has 0 saturated carbocycles. The minimum absolute atomic E-state index is 0.0319. The topological polar surface area (TPSA) is 54.0 Å². The molecule has 1 amide bonds. The maximum Gasteiger partial charge on any atom is 0.238 e. The van der Waals surface area contributed by atoms with Crippen molar-refractivity contribution in [2.75, 3.05) is 11.9 Å². The number of halogens is 1. The van der Waals surface area contributed by atoms with Crippen molar-refractivity contribution in [2.45, 2.75) is 13.0 Å². The number of benzene rings is 1. The molecule has 0 saturated heterocycles. The average Bonchev–Trinajstić information content (AvgIpc) is 2.46. The van der Waals surface area contributed by atoms with Gasteiger partial charge in [-0.3, -0.25) is 9.78 Å². The fourth-order valence-electron chi connectivity index (χ4n) is 1.75. The largest absolute Gasteiger partial charge is 0.325 e. The smallest absolute Gasteiger partial charge is 0.238 e. The number of rotatable bonds is 5. The first-order chi connectivity index (χ1) is 9.65. The fraction of sp³-hybridized carbons (Fsp3) is 0.200. The third-order valence-corrected chi connectivity index (χ3v) is 3.30. The molecule has 2 aromatic rings. The van der Waals surface area contributed by atoms with E-state index in [-0.39, 0.29) is 18.5 Å². The molecule has 0 unspecified atom stereocenters. The Balaban J connectivity index is 1.83. The van der Waals surface area contributed by atoms with Crippen LogP contribution in [0.15, 0.2) is 53.1 Å². The normalized spacial score (nSPS) is 11.9. The molecular formula is C15H16BrN3O. The fourth-order valence-corrected chi connectivity index (χ4v) is 2.15. The molecule has 4 nitrogen and oxygen atoms in total. The van der Waals surface area contributed by atoms with Crippen molar-refractivity contribution >= 4 is 27.5 Å². The summed E-state index contributed by atoms with van der Waals surface area (Å²) in [4.78, 5) is 16.1. The van der Waals surface area contributed by atoms with Gasteiger partial charge in [-0.05, 0) is 37.3 Å². The van der Waals surface area contributed by atoms with E-state index in [0.717, 1.165) is 15.9 Å². The van der Waals surface area contributed by atoms with E-state index in [1.54, 1.807) is 6.20 Å². The van der Waals surface area contributed by atoms with Crippen molar-refractivity contribution in [3.63, 3.8) is 0 Å². The van der Waals surface area contributed by atoms with Crippen molar-refractivity contribution in [3.05, 3.63) is 58.8 Å². The lowest BCUT2D eigenvalue weighted by molar-refractivity contribution is -0.115. The standard InChI is InChI=1S/C15H16BrN3O/c1-11(14-7-2-3-8-17-14)18-10-15(20)19-13-6-4-5-12(16)9-13/h2-9,11,18H,10H2,1H3,(H,19,20)/t11-/m1/s1. The summed E-state index contributed by atoms with van der Waals surface area (Å²) in [6, 6.07) is 13.3. The van der Waals surface area contributed by atoms with Gasteiger partial charge < -0.3 is 10.6 Å². The number of anilines is 1. The summed E-state index contributed by atoms with van der Waals surface area (Å²) in [5, 5.41) is 5.98. The van der Waals surface area contributed by atoms with Crippen LogP contribution in [-0.4, -0.2) is 17.4 Å². The highest BCUT2D eigenvalue weighted by atomic mass is 79.9. The van der Waals surface area contributed by atoms with Crippen LogP contribution in [0.25, 0.3) is 0 Å². The van der Waals surface area contributed by atoms with Crippen LogP contribution in [0.1, 0.15) is 18.7 Å². The number of nitrogens with one attached hydrogen (secondary N) is 2. The maximum atomic E-state index is 11.9. The molecule has 104 valence electrons. The molecule has 2 N–H and O–H groups in total. The lowest BCUT2D eigenvalue weighted by atomic mass is 10.2. The Morgan fingerprint density at radius 3 is 2.85 bits per heavy atom. The third kappa shape index (κ3) is 4.43. The Morgan fingerprint density at radius 2 is 2.15 bits per heavy atom. The van der Waals surface area contributed by atoms with Crippen molar-refractivity contribution in [2.24, 2.45) is 0 Å². The molecule has 1 heterocycles. The molecule has 0 bridgehead atoms. The van der Waals surface area contributed by atoms with Gasteiger partial charge in [0.15, 0.2) is 0 Å². The molecule has 1 atom stereocenters. The summed E-state index contributed by atoms with van der Waals surface area (Å²) in [5.41, 5.74) is 1.69. The maximum absolute atomic E-state index is 11.9.